The molecule has 0 amide bonds. The van der Waals surface area contributed by atoms with E-state index in [9.17, 15) is 4.79 Å². The molecule has 0 radical (unpaired) electrons. The summed E-state index contributed by atoms with van der Waals surface area (Å²) in [5.41, 5.74) is 0.922. The standard InChI is InChI=1S/C13H12O2/c1-2-15-13(14)11-7-6-10-12-8-4-3-5-9-12/h3-5,7-9,11H,2H2,1H3. The third kappa shape index (κ3) is 4.68. The first kappa shape index (κ1) is 11.1. The van der Waals surface area contributed by atoms with Gasteiger partial charge >= 0.3 is 5.97 Å². The van der Waals surface area contributed by atoms with Crippen LogP contribution in [0.4, 0.5) is 0 Å². The molecule has 76 valence electrons. The molecule has 2 nitrogen and oxygen atoms in total. The number of carbonyl (C=O) groups excluding carboxylic acids is 1. The molecule has 0 atom stereocenters. The van der Waals surface area contributed by atoms with E-state index in [0.717, 1.165) is 5.56 Å². The molecule has 0 aromatic heterocycles. The predicted octanol–water partition coefficient (Wildman–Crippen LogP) is 2.16. The predicted molar refractivity (Wildman–Crippen MR) is 59.1 cm³/mol. The van der Waals surface area contributed by atoms with Gasteiger partial charge in [-0.25, -0.2) is 4.79 Å². The van der Waals surface area contributed by atoms with Gasteiger partial charge in [0.1, 0.15) is 0 Å². The van der Waals surface area contributed by atoms with E-state index in [1.807, 2.05) is 30.3 Å². The van der Waals surface area contributed by atoms with Crippen LogP contribution in [0.25, 0.3) is 0 Å². The number of carbonyl (C=O) groups is 1. The molecule has 0 saturated heterocycles. The first-order chi connectivity index (χ1) is 7.33. The average molecular weight is 200 g/mol. The van der Waals surface area contributed by atoms with Gasteiger partial charge in [-0.2, -0.15) is 0 Å². The van der Waals surface area contributed by atoms with Crippen LogP contribution in [0.1, 0.15) is 12.5 Å². The van der Waals surface area contributed by atoms with Gasteiger partial charge in [-0.3, -0.25) is 0 Å². The monoisotopic (exact) mass is 200 g/mol. The van der Waals surface area contributed by atoms with Gasteiger partial charge in [0.25, 0.3) is 0 Å². The van der Waals surface area contributed by atoms with Gasteiger partial charge in [-0.1, -0.05) is 30.0 Å². The number of benzene rings is 1. The maximum atomic E-state index is 10.9. The molecule has 1 aromatic carbocycles. The first-order valence-electron chi connectivity index (χ1n) is 4.73. The van der Waals surface area contributed by atoms with Crippen LogP contribution in [0.2, 0.25) is 0 Å². The first-order valence-corrected chi connectivity index (χ1v) is 4.73. The van der Waals surface area contributed by atoms with E-state index in [-0.39, 0.29) is 5.97 Å². The molecule has 0 N–H and O–H groups in total. The maximum Gasteiger partial charge on any atom is 0.331 e. The van der Waals surface area contributed by atoms with Crippen molar-refractivity contribution >= 4 is 5.97 Å². The van der Waals surface area contributed by atoms with E-state index in [4.69, 9.17) is 4.74 Å². The topological polar surface area (TPSA) is 26.3 Å². The van der Waals surface area contributed by atoms with Crippen LogP contribution in [-0.2, 0) is 9.53 Å². The van der Waals surface area contributed by atoms with E-state index in [2.05, 4.69) is 11.8 Å². The summed E-state index contributed by atoms with van der Waals surface area (Å²) in [6.07, 6.45) is 2.81. The number of rotatable bonds is 2. The van der Waals surface area contributed by atoms with Gasteiger partial charge in [0.15, 0.2) is 0 Å². The fourth-order valence-electron chi connectivity index (χ4n) is 0.947. The Morgan fingerprint density at radius 3 is 2.80 bits per heavy atom. The molecule has 0 aliphatic carbocycles. The largest absolute Gasteiger partial charge is 0.463 e. The Labute approximate surface area is 89.6 Å². The van der Waals surface area contributed by atoms with Crippen LogP contribution >= 0.6 is 0 Å². The zero-order valence-corrected chi connectivity index (χ0v) is 8.57. The second-order valence-corrected chi connectivity index (χ2v) is 2.72. The molecule has 0 aliphatic heterocycles. The molecule has 0 aliphatic rings. The number of ether oxygens (including phenoxy) is 1. The third-order valence-electron chi connectivity index (χ3n) is 1.58. The number of hydrogen-bond acceptors (Lipinski definition) is 2. The van der Waals surface area contributed by atoms with E-state index in [1.165, 1.54) is 12.2 Å². The summed E-state index contributed by atoms with van der Waals surface area (Å²) >= 11 is 0. The van der Waals surface area contributed by atoms with E-state index in [0.29, 0.717) is 6.61 Å². The Morgan fingerprint density at radius 1 is 1.40 bits per heavy atom. The normalized spacial score (nSPS) is 9.40. The van der Waals surface area contributed by atoms with Crippen molar-refractivity contribution in [3.05, 3.63) is 48.0 Å². The number of esters is 1. The zero-order chi connectivity index (χ0) is 10.9. The molecule has 0 fully saturated rings. The van der Waals surface area contributed by atoms with Crippen molar-refractivity contribution < 1.29 is 9.53 Å². The van der Waals surface area contributed by atoms with Crippen molar-refractivity contribution in [1.29, 1.82) is 0 Å². The van der Waals surface area contributed by atoms with Gasteiger partial charge in [0.05, 0.1) is 6.61 Å². The molecule has 0 unspecified atom stereocenters. The van der Waals surface area contributed by atoms with Gasteiger partial charge in [-0.05, 0) is 25.1 Å². The van der Waals surface area contributed by atoms with Gasteiger partial charge in [0, 0.05) is 11.6 Å². The second-order valence-electron chi connectivity index (χ2n) is 2.72. The summed E-state index contributed by atoms with van der Waals surface area (Å²) in [7, 11) is 0. The third-order valence-corrected chi connectivity index (χ3v) is 1.58. The smallest absolute Gasteiger partial charge is 0.331 e. The van der Waals surface area contributed by atoms with Gasteiger partial charge in [0.2, 0.25) is 0 Å². The lowest BCUT2D eigenvalue weighted by atomic mass is 10.2. The summed E-state index contributed by atoms with van der Waals surface area (Å²) in [5.74, 6) is 5.30. The van der Waals surface area contributed by atoms with Crippen LogP contribution < -0.4 is 0 Å². The van der Waals surface area contributed by atoms with Crippen LogP contribution in [0.5, 0.6) is 0 Å². The fourth-order valence-corrected chi connectivity index (χ4v) is 0.947. The highest BCUT2D eigenvalue weighted by atomic mass is 16.5. The highest BCUT2D eigenvalue weighted by Gasteiger charge is 1.89. The van der Waals surface area contributed by atoms with Crippen molar-refractivity contribution in [3.63, 3.8) is 0 Å². The molecule has 0 heterocycles. The average Bonchev–Trinajstić information content (AvgIpc) is 2.26. The quantitative estimate of drug-likeness (QED) is 0.415. The lowest BCUT2D eigenvalue weighted by Gasteiger charge is -1.91. The van der Waals surface area contributed by atoms with Crippen molar-refractivity contribution in [2.75, 3.05) is 6.61 Å². The highest BCUT2D eigenvalue weighted by molar-refractivity contribution is 5.82. The molecule has 1 rings (SSSR count). The van der Waals surface area contributed by atoms with Crippen LogP contribution in [0, 0.1) is 11.8 Å². The molecule has 0 spiro atoms. The summed E-state index contributed by atoms with van der Waals surface area (Å²) in [5, 5.41) is 0. The Bertz CT molecular complexity index is 394. The molecule has 0 bridgehead atoms. The Morgan fingerprint density at radius 2 is 2.13 bits per heavy atom. The van der Waals surface area contributed by atoms with Crippen LogP contribution in [-0.4, -0.2) is 12.6 Å². The van der Waals surface area contributed by atoms with Crippen molar-refractivity contribution in [2.24, 2.45) is 0 Å². The number of allylic oxidation sites excluding steroid dienone is 1. The summed E-state index contributed by atoms with van der Waals surface area (Å²) in [6.45, 7) is 2.15. The second kappa shape index (κ2) is 6.44. The Hall–Kier alpha value is -2.01. The van der Waals surface area contributed by atoms with Gasteiger partial charge in [-0.15, -0.1) is 0 Å². The summed E-state index contributed by atoms with van der Waals surface area (Å²) in [4.78, 5) is 10.9. The summed E-state index contributed by atoms with van der Waals surface area (Å²) < 4.78 is 4.70. The minimum atomic E-state index is -0.361. The lowest BCUT2D eigenvalue weighted by molar-refractivity contribution is -0.137. The molecule has 1 aromatic rings. The molecule has 0 saturated carbocycles. The molecular weight excluding hydrogens is 188 g/mol. The molecule has 2 heteroatoms. The Kier molecular flexibility index (Phi) is 4.75. The van der Waals surface area contributed by atoms with Crippen LogP contribution in [0.3, 0.4) is 0 Å². The van der Waals surface area contributed by atoms with E-state index in [1.54, 1.807) is 6.92 Å². The van der Waals surface area contributed by atoms with Crippen molar-refractivity contribution in [3.8, 4) is 11.8 Å². The molecule has 15 heavy (non-hydrogen) atoms. The van der Waals surface area contributed by atoms with Crippen LogP contribution in [0.15, 0.2) is 42.5 Å². The van der Waals surface area contributed by atoms with Crippen molar-refractivity contribution in [1.82, 2.24) is 0 Å². The number of hydrogen-bond donors (Lipinski definition) is 0. The van der Waals surface area contributed by atoms with E-state index >= 15 is 0 Å². The SMILES string of the molecule is CCOC(=O)C=CC#Cc1ccccc1. The highest BCUT2D eigenvalue weighted by Crippen LogP contribution is 1.94. The molecular formula is C13H12O2. The van der Waals surface area contributed by atoms with Gasteiger partial charge < -0.3 is 4.74 Å². The fraction of sp³-hybridized carbons (Fsp3) is 0.154. The van der Waals surface area contributed by atoms with Crippen molar-refractivity contribution in [2.45, 2.75) is 6.92 Å². The minimum Gasteiger partial charge on any atom is -0.463 e. The lowest BCUT2D eigenvalue weighted by Crippen LogP contribution is -1.98. The zero-order valence-electron chi connectivity index (χ0n) is 8.57. The Balaban J connectivity index is 2.50. The minimum absolute atomic E-state index is 0.361. The van der Waals surface area contributed by atoms with E-state index < -0.39 is 0 Å². The summed E-state index contributed by atoms with van der Waals surface area (Å²) in [6, 6.07) is 9.58. The maximum absolute atomic E-state index is 10.9.